The molecule has 0 atom stereocenters. The van der Waals surface area contributed by atoms with Crippen LogP contribution in [-0.4, -0.2) is 0 Å². The smallest absolute Gasteiger partial charge is 0.0355 e. The van der Waals surface area contributed by atoms with E-state index in [4.69, 9.17) is 0 Å². The van der Waals surface area contributed by atoms with Crippen molar-refractivity contribution < 1.29 is 0 Å². The summed E-state index contributed by atoms with van der Waals surface area (Å²) >= 11 is 1.80. The fraction of sp³-hybridized carbons (Fsp3) is 0.176. The minimum absolute atomic E-state index is 1.21. The van der Waals surface area contributed by atoms with E-state index in [0.717, 1.165) is 0 Å². The average Bonchev–Trinajstić information content (AvgIpc) is 2.86. The predicted molar refractivity (Wildman–Crippen MR) is 85.9 cm³/mol. The molecular weight excluding hydrogens is 236 g/mol. The topological polar surface area (TPSA) is 0 Å². The minimum atomic E-state index is 1.21. The molecule has 0 N–H and O–H groups in total. The van der Waals surface area contributed by atoms with Gasteiger partial charge in [-0.15, -0.1) is 11.3 Å². The molecule has 0 fully saturated rings. The quantitative estimate of drug-likeness (QED) is 0.620. The van der Waals surface area contributed by atoms with Crippen LogP contribution in [0.25, 0.3) is 22.6 Å². The van der Waals surface area contributed by atoms with Crippen molar-refractivity contribution in [2.75, 3.05) is 0 Å². The number of hydrogen-bond donors (Lipinski definition) is 0. The van der Waals surface area contributed by atoms with Gasteiger partial charge in [0.1, 0.15) is 0 Å². The van der Waals surface area contributed by atoms with Crippen LogP contribution in [0.4, 0.5) is 0 Å². The number of benzene rings is 1. The molecular formula is C17H20S. The first-order chi connectivity index (χ1) is 8.85. The van der Waals surface area contributed by atoms with Gasteiger partial charge in [0, 0.05) is 9.75 Å². The molecule has 0 radical (unpaired) electrons. The highest BCUT2D eigenvalue weighted by molar-refractivity contribution is 7.16. The highest BCUT2D eigenvalue weighted by Gasteiger charge is 2.05. The second-order valence-electron chi connectivity index (χ2n) is 3.50. The van der Waals surface area contributed by atoms with E-state index in [2.05, 4.69) is 49.1 Å². The maximum Gasteiger partial charge on any atom is 0.0355 e. The van der Waals surface area contributed by atoms with E-state index in [1.807, 2.05) is 32.9 Å². The summed E-state index contributed by atoms with van der Waals surface area (Å²) in [6.45, 7) is 9.89. The van der Waals surface area contributed by atoms with Gasteiger partial charge >= 0.3 is 0 Å². The first kappa shape index (κ1) is 14.5. The van der Waals surface area contributed by atoms with Crippen LogP contribution in [0.2, 0.25) is 0 Å². The lowest BCUT2D eigenvalue weighted by Crippen LogP contribution is -1.68. The molecule has 1 aromatic heterocycles. The number of hydrogen-bond acceptors (Lipinski definition) is 1. The molecule has 1 heteroatoms. The lowest BCUT2D eigenvalue weighted by atomic mass is 10.1. The minimum Gasteiger partial charge on any atom is -0.135 e. The highest BCUT2D eigenvalue weighted by Crippen LogP contribution is 2.32. The molecule has 0 nitrogen and oxygen atoms in total. The zero-order valence-corrected chi connectivity index (χ0v) is 12.1. The van der Waals surface area contributed by atoms with Crippen molar-refractivity contribution >= 4 is 23.5 Å². The molecule has 0 aliphatic rings. The Bertz CT molecular complexity index is 504. The fourth-order valence-electron chi connectivity index (χ4n) is 1.61. The van der Waals surface area contributed by atoms with Crippen molar-refractivity contribution in [2.45, 2.75) is 20.8 Å². The van der Waals surface area contributed by atoms with E-state index < -0.39 is 0 Å². The van der Waals surface area contributed by atoms with Gasteiger partial charge in [0.05, 0.1) is 0 Å². The van der Waals surface area contributed by atoms with Gasteiger partial charge in [0.15, 0.2) is 0 Å². The Kier molecular flexibility index (Phi) is 6.16. The standard InChI is InChI=1S/C15H14S.C2H6/c1-3-8-14-12(4-2)11-15(16-14)13-9-6-5-7-10-13;1-2/h3-11H,2H2,1H3;1-2H3/b8-3-;. The number of allylic oxidation sites excluding steroid dienone is 1. The van der Waals surface area contributed by atoms with E-state index in [0.29, 0.717) is 0 Å². The summed E-state index contributed by atoms with van der Waals surface area (Å²) in [5.74, 6) is 0. The summed E-state index contributed by atoms with van der Waals surface area (Å²) < 4.78 is 0. The van der Waals surface area contributed by atoms with Gasteiger partial charge in [-0.2, -0.15) is 0 Å². The molecule has 0 aliphatic heterocycles. The second-order valence-corrected chi connectivity index (χ2v) is 4.58. The van der Waals surface area contributed by atoms with Gasteiger partial charge in [0.2, 0.25) is 0 Å². The third-order valence-electron chi connectivity index (χ3n) is 2.39. The van der Waals surface area contributed by atoms with Gasteiger partial charge < -0.3 is 0 Å². The van der Waals surface area contributed by atoms with E-state index in [1.54, 1.807) is 11.3 Å². The highest BCUT2D eigenvalue weighted by atomic mass is 32.1. The average molecular weight is 256 g/mol. The monoisotopic (exact) mass is 256 g/mol. The van der Waals surface area contributed by atoms with Crippen LogP contribution < -0.4 is 0 Å². The van der Waals surface area contributed by atoms with Crippen LogP contribution in [0.3, 0.4) is 0 Å². The van der Waals surface area contributed by atoms with E-state index >= 15 is 0 Å². The molecule has 2 rings (SSSR count). The Morgan fingerprint density at radius 2 is 1.78 bits per heavy atom. The van der Waals surface area contributed by atoms with Crippen molar-refractivity contribution in [3.05, 3.63) is 59.5 Å². The Morgan fingerprint density at radius 3 is 2.33 bits per heavy atom. The Morgan fingerprint density at radius 1 is 1.11 bits per heavy atom. The third-order valence-corrected chi connectivity index (χ3v) is 3.55. The molecule has 94 valence electrons. The normalized spacial score (nSPS) is 9.94. The fourth-order valence-corrected chi connectivity index (χ4v) is 2.75. The molecule has 0 saturated heterocycles. The summed E-state index contributed by atoms with van der Waals surface area (Å²) in [5, 5.41) is 0. The number of thiophene rings is 1. The predicted octanol–water partition coefficient (Wildman–Crippen LogP) is 6.12. The molecule has 0 aliphatic carbocycles. The zero-order chi connectivity index (χ0) is 13.4. The second kappa shape index (κ2) is 7.67. The SMILES string of the molecule is C=Cc1cc(-c2ccccc2)sc1/C=C\C.CC. The van der Waals surface area contributed by atoms with Gasteiger partial charge in [-0.25, -0.2) is 0 Å². The van der Waals surface area contributed by atoms with Crippen molar-refractivity contribution in [1.82, 2.24) is 0 Å². The van der Waals surface area contributed by atoms with Crippen molar-refractivity contribution in [1.29, 1.82) is 0 Å². The first-order valence-corrected chi connectivity index (χ1v) is 7.11. The maximum atomic E-state index is 3.85. The van der Waals surface area contributed by atoms with Crippen molar-refractivity contribution in [2.24, 2.45) is 0 Å². The van der Waals surface area contributed by atoms with E-state index in [-0.39, 0.29) is 0 Å². The molecule has 18 heavy (non-hydrogen) atoms. The van der Waals surface area contributed by atoms with E-state index in [1.165, 1.54) is 20.9 Å². The van der Waals surface area contributed by atoms with Gasteiger partial charge in [-0.1, -0.05) is 62.9 Å². The zero-order valence-electron chi connectivity index (χ0n) is 11.3. The lowest BCUT2D eigenvalue weighted by Gasteiger charge is -1.93. The van der Waals surface area contributed by atoms with E-state index in [9.17, 15) is 0 Å². The molecule has 0 spiro atoms. The van der Waals surface area contributed by atoms with Crippen LogP contribution in [0.5, 0.6) is 0 Å². The van der Waals surface area contributed by atoms with Gasteiger partial charge in [0.25, 0.3) is 0 Å². The molecule has 0 saturated carbocycles. The van der Waals surface area contributed by atoms with Gasteiger partial charge in [-0.05, 0) is 30.2 Å². The number of rotatable bonds is 3. The summed E-state index contributed by atoms with van der Waals surface area (Å²) in [5.41, 5.74) is 2.48. The third kappa shape index (κ3) is 3.44. The maximum absolute atomic E-state index is 3.85. The molecule has 0 amide bonds. The van der Waals surface area contributed by atoms with Crippen LogP contribution in [-0.2, 0) is 0 Å². The summed E-state index contributed by atoms with van der Waals surface area (Å²) in [6.07, 6.45) is 6.11. The molecule has 0 unspecified atom stereocenters. The molecule has 1 aromatic carbocycles. The Balaban J connectivity index is 0.000000771. The lowest BCUT2D eigenvalue weighted by molar-refractivity contribution is 1.50. The molecule has 2 aromatic rings. The van der Waals surface area contributed by atoms with Crippen LogP contribution in [0.1, 0.15) is 31.2 Å². The Labute approximate surface area is 114 Å². The Hall–Kier alpha value is -1.60. The largest absolute Gasteiger partial charge is 0.135 e. The summed E-state index contributed by atoms with van der Waals surface area (Å²) in [7, 11) is 0. The van der Waals surface area contributed by atoms with Gasteiger partial charge in [-0.3, -0.25) is 0 Å². The van der Waals surface area contributed by atoms with Crippen molar-refractivity contribution in [3.8, 4) is 10.4 Å². The van der Waals surface area contributed by atoms with Crippen LogP contribution in [0.15, 0.2) is 49.1 Å². The molecule has 1 heterocycles. The van der Waals surface area contributed by atoms with Crippen molar-refractivity contribution in [3.63, 3.8) is 0 Å². The summed E-state index contributed by atoms with van der Waals surface area (Å²) in [6, 6.07) is 12.6. The van der Waals surface area contributed by atoms with Crippen LogP contribution in [0, 0.1) is 0 Å². The summed E-state index contributed by atoms with van der Waals surface area (Å²) in [4.78, 5) is 2.57. The first-order valence-electron chi connectivity index (χ1n) is 6.29. The van der Waals surface area contributed by atoms with Crippen LogP contribution >= 0.6 is 11.3 Å². The molecule has 0 bridgehead atoms.